The Morgan fingerprint density at radius 2 is 1.73 bits per heavy atom. The summed E-state index contributed by atoms with van der Waals surface area (Å²) in [6, 6.07) is 26.2. The number of rotatable bonds is 6. The summed E-state index contributed by atoms with van der Waals surface area (Å²) in [5.74, 6) is 1.33. The fraction of sp³-hybridized carbons (Fsp3) is 0.185. The highest BCUT2D eigenvalue weighted by atomic mass is 16.7. The van der Waals surface area contributed by atoms with Gasteiger partial charge in [0.15, 0.2) is 11.5 Å². The van der Waals surface area contributed by atoms with Crippen LogP contribution in [0.5, 0.6) is 11.5 Å². The lowest BCUT2D eigenvalue weighted by Crippen LogP contribution is -2.31. The fourth-order valence-corrected chi connectivity index (χ4v) is 4.19. The molecular formula is C27H25N3O3. The third-order valence-corrected chi connectivity index (χ3v) is 5.76. The van der Waals surface area contributed by atoms with Crippen molar-refractivity contribution in [2.24, 2.45) is 7.05 Å². The molecule has 0 spiro atoms. The molecule has 4 aromatic rings. The first-order chi connectivity index (χ1) is 16.1. The van der Waals surface area contributed by atoms with Gasteiger partial charge in [-0.05, 0) is 41.8 Å². The van der Waals surface area contributed by atoms with Gasteiger partial charge in [-0.25, -0.2) is 0 Å². The van der Waals surface area contributed by atoms with Gasteiger partial charge in [0.1, 0.15) is 5.69 Å². The monoisotopic (exact) mass is 439 g/mol. The molecule has 1 aliphatic heterocycles. The SMILES string of the molecule is Cc1cc(C(=O)N(Cc2cccc(-c3ccccc3)c2)Cc2cccc3c2OCO3)n(C)n1. The molecule has 166 valence electrons. The predicted molar refractivity (Wildman–Crippen MR) is 126 cm³/mol. The molecule has 0 N–H and O–H groups in total. The van der Waals surface area contributed by atoms with E-state index in [-0.39, 0.29) is 12.7 Å². The van der Waals surface area contributed by atoms with Crippen LogP contribution in [-0.2, 0) is 20.1 Å². The first-order valence-electron chi connectivity index (χ1n) is 10.9. The van der Waals surface area contributed by atoms with Gasteiger partial charge in [0.05, 0.1) is 12.2 Å². The third kappa shape index (κ3) is 4.32. The van der Waals surface area contributed by atoms with Crippen molar-refractivity contribution in [3.8, 4) is 22.6 Å². The zero-order valence-corrected chi connectivity index (χ0v) is 18.7. The van der Waals surface area contributed by atoms with Crippen molar-refractivity contribution in [1.29, 1.82) is 0 Å². The van der Waals surface area contributed by atoms with Crippen LogP contribution in [0, 0.1) is 6.92 Å². The van der Waals surface area contributed by atoms with Crippen molar-refractivity contribution in [1.82, 2.24) is 14.7 Å². The van der Waals surface area contributed by atoms with Crippen molar-refractivity contribution in [3.05, 3.63) is 101 Å². The molecule has 0 unspecified atom stereocenters. The van der Waals surface area contributed by atoms with Crippen LogP contribution in [0.3, 0.4) is 0 Å². The largest absolute Gasteiger partial charge is 0.454 e. The van der Waals surface area contributed by atoms with Gasteiger partial charge in [0, 0.05) is 19.2 Å². The van der Waals surface area contributed by atoms with Gasteiger partial charge in [-0.1, -0.05) is 60.7 Å². The van der Waals surface area contributed by atoms with Crippen molar-refractivity contribution in [2.75, 3.05) is 6.79 Å². The first-order valence-corrected chi connectivity index (χ1v) is 10.9. The van der Waals surface area contributed by atoms with E-state index in [4.69, 9.17) is 9.47 Å². The fourth-order valence-electron chi connectivity index (χ4n) is 4.19. The lowest BCUT2D eigenvalue weighted by atomic mass is 10.0. The van der Waals surface area contributed by atoms with Gasteiger partial charge in [-0.3, -0.25) is 9.48 Å². The van der Waals surface area contributed by atoms with E-state index in [9.17, 15) is 4.79 Å². The number of ether oxygens (including phenoxy) is 2. The highest BCUT2D eigenvalue weighted by Crippen LogP contribution is 2.36. The molecule has 6 heteroatoms. The molecule has 0 saturated carbocycles. The Morgan fingerprint density at radius 3 is 2.52 bits per heavy atom. The molecule has 0 radical (unpaired) electrons. The number of para-hydroxylation sites is 1. The van der Waals surface area contributed by atoms with E-state index in [2.05, 4.69) is 35.4 Å². The zero-order valence-electron chi connectivity index (χ0n) is 18.7. The summed E-state index contributed by atoms with van der Waals surface area (Å²) in [6.07, 6.45) is 0. The maximum atomic E-state index is 13.6. The smallest absolute Gasteiger partial charge is 0.272 e. The minimum absolute atomic E-state index is 0.0836. The summed E-state index contributed by atoms with van der Waals surface area (Å²) >= 11 is 0. The molecule has 1 amide bonds. The van der Waals surface area contributed by atoms with Crippen LogP contribution in [0.4, 0.5) is 0 Å². The average Bonchev–Trinajstić information content (AvgIpc) is 3.45. The summed E-state index contributed by atoms with van der Waals surface area (Å²) < 4.78 is 12.9. The summed E-state index contributed by atoms with van der Waals surface area (Å²) in [5, 5.41) is 4.36. The standard InChI is InChI=1S/C27H25N3O3/c1-19-14-24(29(2)28-19)27(31)30(17-23-12-7-13-25-26(23)33-18-32-25)16-20-8-6-11-22(15-20)21-9-4-3-5-10-21/h3-15H,16-18H2,1-2H3. The molecule has 5 rings (SSSR count). The first kappa shape index (κ1) is 20.8. The molecule has 0 atom stereocenters. The van der Waals surface area contributed by atoms with E-state index in [0.29, 0.717) is 30.3 Å². The zero-order chi connectivity index (χ0) is 22.8. The molecule has 0 fully saturated rings. The van der Waals surface area contributed by atoms with E-state index in [0.717, 1.165) is 27.9 Å². The minimum Gasteiger partial charge on any atom is -0.454 e. The van der Waals surface area contributed by atoms with Gasteiger partial charge in [-0.15, -0.1) is 0 Å². The van der Waals surface area contributed by atoms with Crippen molar-refractivity contribution in [2.45, 2.75) is 20.0 Å². The molecule has 33 heavy (non-hydrogen) atoms. The summed E-state index contributed by atoms with van der Waals surface area (Å²) in [5.41, 5.74) is 5.59. The Balaban J connectivity index is 1.49. The number of fused-ring (bicyclic) bond motifs is 1. The Morgan fingerprint density at radius 1 is 0.939 bits per heavy atom. The third-order valence-electron chi connectivity index (χ3n) is 5.76. The van der Waals surface area contributed by atoms with E-state index in [1.807, 2.05) is 60.4 Å². The van der Waals surface area contributed by atoms with Gasteiger partial charge in [-0.2, -0.15) is 5.10 Å². The number of amides is 1. The number of aryl methyl sites for hydroxylation is 2. The molecule has 0 saturated heterocycles. The van der Waals surface area contributed by atoms with Gasteiger partial charge in [0.2, 0.25) is 6.79 Å². The maximum Gasteiger partial charge on any atom is 0.272 e. The van der Waals surface area contributed by atoms with Crippen molar-refractivity contribution < 1.29 is 14.3 Å². The molecule has 2 heterocycles. The number of carbonyl (C=O) groups is 1. The van der Waals surface area contributed by atoms with Gasteiger partial charge in [0.25, 0.3) is 5.91 Å². The van der Waals surface area contributed by atoms with Crippen LogP contribution < -0.4 is 9.47 Å². The topological polar surface area (TPSA) is 56.6 Å². The van der Waals surface area contributed by atoms with Crippen LogP contribution >= 0.6 is 0 Å². The molecular weight excluding hydrogens is 414 g/mol. The number of hydrogen-bond acceptors (Lipinski definition) is 4. The highest BCUT2D eigenvalue weighted by molar-refractivity contribution is 5.92. The second kappa shape index (κ2) is 8.82. The van der Waals surface area contributed by atoms with Crippen LogP contribution in [0.1, 0.15) is 27.3 Å². The van der Waals surface area contributed by atoms with Crippen LogP contribution in [-0.4, -0.2) is 27.4 Å². The number of carbonyl (C=O) groups excluding carboxylic acids is 1. The molecule has 0 bridgehead atoms. The second-order valence-electron chi connectivity index (χ2n) is 8.17. The predicted octanol–water partition coefficient (Wildman–Crippen LogP) is 4.97. The van der Waals surface area contributed by atoms with Crippen LogP contribution in [0.2, 0.25) is 0 Å². The lowest BCUT2D eigenvalue weighted by Gasteiger charge is -2.24. The van der Waals surface area contributed by atoms with E-state index in [1.54, 1.807) is 11.7 Å². The van der Waals surface area contributed by atoms with Gasteiger partial charge < -0.3 is 14.4 Å². The maximum absolute atomic E-state index is 13.6. The number of benzene rings is 3. The van der Waals surface area contributed by atoms with Gasteiger partial charge >= 0.3 is 0 Å². The average molecular weight is 440 g/mol. The Kier molecular flexibility index (Phi) is 5.57. The second-order valence-corrected chi connectivity index (χ2v) is 8.17. The molecule has 1 aromatic heterocycles. The van der Waals surface area contributed by atoms with Crippen molar-refractivity contribution in [3.63, 3.8) is 0 Å². The summed E-state index contributed by atoms with van der Waals surface area (Å²) in [6.45, 7) is 2.93. The number of aromatic nitrogens is 2. The summed E-state index contributed by atoms with van der Waals surface area (Å²) in [4.78, 5) is 15.5. The van der Waals surface area contributed by atoms with E-state index < -0.39 is 0 Å². The Hall–Kier alpha value is -4.06. The quantitative estimate of drug-likeness (QED) is 0.426. The van der Waals surface area contributed by atoms with E-state index >= 15 is 0 Å². The number of hydrogen-bond donors (Lipinski definition) is 0. The molecule has 0 aliphatic carbocycles. The Labute approximate surface area is 193 Å². The van der Waals surface area contributed by atoms with Crippen LogP contribution in [0.25, 0.3) is 11.1 Å². The van der Waals surface area contributed by atoms with Crippen molar-refractivity contribution >= 4 is 5.91 Å². The highest BCUT2D eigenvalue weighted by Gasteiger charge is 2.24. The lowest BCUT2D eigenvalue weighted by molar-refractivity contribution is 0.0717. The van der Waals surface area contributed by atoms with E-state index in [1.165, 1.54) is 0 Å². The molecule has 3 aromatic carbocycles. The molecule has 1 aliphatic rings. The molecule has 6 nitrogen and oxygen atoms in total. The summed E-state index contributed by atoms with van der Waals surface area (Å²) in [7, 11) is 1.80. The minimum atomic E-state index is -0.0836. The van der Waals surface area contributed by atoms with Crippen LogP contribution in [0.15, 0.2) is 78.9 Å². The normalized spacial score (nSPS) is 12.1. The Bertz CT molecular complexity index is 1300. The number of nitrogens with zero attached hydrogens (tertiary/aromatic N) is 3.